The number of anilines is 1. The first kappa shape index (κ1) is 16.1. The Morgan fingerprint density at radius 2 is 1.52 bits per heavy atom. The minimum absolute atomic E-state index is 0.220. The molecular formula is C21H23FN2O. The SMILES string of the molecule is O=C(N1CCN(c2ccccc2)CC1)C1(c2ccc(F)cc2)CCC1. The van der Waals surface area contributed by atoms with Gasteiger partial charge in [-0.1, -0.05) is 36.8 Å². The summed E-state index contributed by atoms with van der Waals surface area (Å²) in [7, 11) is 0. The highest BCUT2D eigenvalue weighted by Gasteiger charge is 2.47. The molecule has 2 aliphatic rings. The van der Waals surface area contributed by atoms with E-state index < -0.39 is 5.41 Å². The largest absolute Gasteiger partial charge is 0.368 e. The summed E-state index contributed by atoms with van der Waals surface area (Å²) in [4.78, 5) is 17.6. The van der Waals surface area contributed by atoms with Crippen LogP contribution in [0.1, 0.15) is 24.8 Å². The van der Waals surface area contributed by atoms with Crippen LogP contribution in [0.4, 0.5) is 10.1 Å². The van der Waals surface area contributed by atoms with E-state index in [0.29, 0.717) is 0 Å². The molecule has 25 heavy (non-hydrogen) atoms. The molecule has 0 atom stereocenters. The minimum Gasteiger partial charge on any atom is -0.368 e. The molecule has 3 nitrogen and oxygen atoms in total. The highest BCUT2D eigenvalue weighted by Crippen LogP contribution is 2.45. The summed E-state index contributed by atoms with van der Waals surface area (Å²) in [5.41, 5.74) is 1.75. The molecule has 0 N–H and O–H groups in total. The van der Waals surface area contributed by atoms with Crippen molar-refractivity contribution in [2.75, 3.05) is 31.1 Å². The van der Waals surface area contributed by atoms with Gasteiger partial charge in [0, 0.05) is 31.9 Å². The van der Waals surface area contributed by atoms with E-state index >= 15 is 0 Å². The molecule has 1 aliphatic heterocycles. The predicted octanol–water partition coefficient (Wildman–Crippen LogP) is 3.60. The molecule has 1 saturated carbocycles. The van der Waals surface area contributed by atoms with Gasteiger partial charge in [0.25, 0.3) is 0 Å². The number of hydrogen-bond acceptors (Lipinski definition) is 2. The number of benzene rings is 2. The van der Waals surface area contributed by atoms with Gasteiger partial charge in [0.2, 0.25) is 5.91 Å². The molecule has 0 aromatic heterocycles. The number of halogens is 1. The van der Waals surface area contributed by atoms with Crippen molar-refractivity contribution in [1.29, 1.82) is 0 Å². The molecule has 0 unspecified atom stereocenters. The first-order valence-electron chi connectivity index (χ1n) is 9.04. The topological polar surface area (TPSA) is 23.6 Å². The summed E-state index contributed by atoms with van der Waals surface area (Å²) in [5, 5.41) is 0. The monoisotopic (exact) mass is 338 g/mol. The lowest BCUT2D eigenvalue weighted by molar-refractivity contribution is -0.141. The number of carbonyl (C=O) groups is 1. The van der Waals surface area contributed by atoms with Crippen molar-refractivity contribution in [2.45, 2.75) is 24.7 Å². The van der Waals surface area contributed by atoms with Gasteiger partial charge in [-0.15, -0.1) is 0 Å². The number of amides is 1. The maximum absolute atomic E-state index is 13.3. The third kappa shape index (κ3) is 2.90. The van der Waals surface area contributed by atoms with E-state index in [9.17, 15) is 9.18 Å². The van der Waals surface area contributed by atoms with Crippen LogP contribution in [-0.4, -0.2) is 37.0 Å². The first-order valence-corrected chi connectivity index (χ1v) is 9.04. The van der Waals surface area contributed by atoms with Crippen LogP contribution in [0.5, 0.6) is 0 Å². The van der Waals surface area contributed by atoms with Crippen molar-refractivity contribution in [3.8, 4) is 0 Å². The molecule has 0 bridgehead atoms. The molecule has 130 valence electrons. The average Bonchev–Trinajstić information content (AvgIpc) is 2.63. The molecule has 4 heteroatoms. The van der Waals surface area contributed by atoms with E-state index in [4.69, 9.17) is 0 Å². The summed E-state index contributed by atoms with van der Waals surface area (Å²) in [6, 6.07) is 16.8. The van der Waals surface area contributed by atoms with Gasteiger partial charge in [0.15, 0.2) is 0 Å². The van der Waals surface area contributed by atoms with Crippen LogP contribution >= 0.6 is 0 Å². The number of rotatable bonds is 3. The Hall–Kier alpha value is -2.36. The zero-order valence-corrected chi connectivity index (χ0v) is 14.3. The molecule has 2 aromatic rings. The van der Waals surface area contributed by atoms with Crippen LogP contribution < -0.4 is 4.90 Å². The fraction of sp³-hybridized carbons (Fsp3) is 0.381. The Balaban J connectivity index is 1.47. The van der Waals surface area contributed by atoms with E-state index in [1.807, 2.05) is 23.1 Å². The lowest BCUT2D eigenvalue weighted by atomic mass is 9.63. The molecule has 1 heterocycles. The number of hydrogen-bond donors (Lipinski definition) is 0. The number of piperazine rings is 1. The molecule has 2 fully saturated rings. The van der Waals surface area contributed by atoms with Crippen molar-refractivity contribution in [3.05, 3.63) is 66.0 Å². The van der Waals surface area contributed by atoms with Crippen LogP contribution in [0.3, 0.4) is 0 Å². The van der Waals surface area contributed by atoms with Gasteiger partial charge in [-0.25, -0.2) is 4.39 Å². The first-order chi connectivity index (χ1) is 12.2. The molecule has 0 spiro atoms. The summed E-state index contributed by atoms with van der Waals surface area (Å²) in [6.45, 7) is 3.21. The summed E-state index contributed by atoms with van der Waals surface area (Å²) >= 11 is 0. The predicted molar refractivity (Wildman–Crippen MR) is 97.2 cm³/mol. The van der Waals surface area contributed by atoms with Gasteiger partial charge < -0.3 is 9.80 Å². The van der Waals surface area contributed by atoms with E-state index in [1.165, 1.54) is 17.8 Å². The van der Waals surface area contributed by atoms with Crippen molar-refractivity contribution in [3.63, 3.8) is 0 Å². The van der Waals surface area contributed by atoms with Crippen molar-refractivity contribution in [2.24, 2.45) is 0 Å². The highest BCUT2D eigenvalue weighted by molar-refractivity contribution is 5.89. The Kier molecular flexibility index (Phi) is 4.20. The standard InChI is InChI=1S/C21H23FN2O/c22-18-9-7-17(8-10-18)21(11-4-12-21)20(25)24-15-13-23(14-16-24)19-5-2-1-3-6-19/h1-3,5-10H,4,11-16H2. The van der Waals surface area contributed by atoms with E-state index in [0.717, 1.165) is 51.0 Å². The van der Waals surface area contributed by atoms with Gasteiger partial charge in [-0.3, -0.25) is 4.79 Å². The Labute approximate surface area is 148 Å². The smallest absolute Gasteiger partial charge is 0.233 e. The Bertz CT molecular complexity index is 732. The third-order valence-corrected chi connectivity index (χ3v) is 5.70. The third-order valence-electron chi connectivity index (χ3n) is 5.70. The fourth-order valence-electron chi connectivity index (χ4n) is 4.03. The van der Waals surface area contributed by atoms with Gasteiger partial charge in [-0.05, 0) is 42.7 Å². The van der Waals surface area contributed by atoms with Gasteiger partial charge in [-0.2, -0.15) is 0 Å². The van der Waals surface area contributed by atoms with Crippen molar-refractivity contribution < 1.29 is 9.18 Å². The van der Waals surface area contributed by atoms with E-state index in [-0.39, 0.29) is 11.7 Å². The zero-order chi connectivity index (χ0) is 17.3. The molecular weight excluding hydrogens is 315 g/mol. The van der Waals surface area contributed by atoms with Gasteiger partial charge in [0.1, 0.15) is 5.82 Å². The van der Waals surface area contributed by atoms with Gasteiger partial charge in [0.05, 0.1) is 5.41 Å². The second-order valence-corrected chi connectivity index (χ2v) is 7.06. The molecule has 1 saturated heterocycles. The van der Waals surface area contributed by atoms with Crippen LogP contribution in [0.2, 0.25) is 0 Å². The number of carbonyl (C=O) groups excluding carboxylic acids is 1. The van der Waals surface area contributed by atoms with Crippen LogP contribution in [0, 0.1) is 5.82 Å². The van der Waals surface area contributed by atoms with E-state index in [2.05, 4.69) is 17.0 Å². The fourth-order valence-corrected chi connectivity index (χ4v) is 4.03. The second kappa shape index (κ2) is 6.51. The average molecular weight is 338 g/mol. The van der Waals surface area contributed by atoms with Crippen LogP contribution in [0.15, 0.2) is 54.6 Å². The lowest BCUT2D eigenvalue weighted by Gasteiger charge is -2.46. The molecule has 4 rings (SSSR count). The Morgan fingerprint density at radius 1 is 0.880 bits per heavy atom. The van der Waals surface area contributed by atoms with Crippen molar-refractivity contribution >= 4 is 11.6 Å². The summed E-state index contributed by atoms with van der Waals surface area (Å²) < 4.78 is 13.3. The maximum Gasteiger partial charge on any atom is 0.233 e. The summed E-state index contributed by atoms with van der Waals surface area (Å²) in [6.07, 6.45) is 2.81. The molecule has 0 radical (unpaired) electrons. The number of para-hydroxylation sites is 1. The highest BCUT2D eigenvalue weighted by atomic mass is 19.1. The van der Waals surface area contributed by atoms with Crippen LogP contribution in [0.25, 0.3) is 0 Å². The normalized spacial score (nSPS) is 19.4. The zero-order valence-electron chi connectivity index (χ0n) is 14.3. The molecule has 2 aromatic carbocycles. The molecule has 1 aliphatic carbocycles. The lowest BCUT2D eigenvalue weighted by Crippen LogP contribution is -2.56. The van der Waals surface area contributed by atoms with Crippen molar-refractivity contribution in [1.82, 2.24) is 4.90 Å². The minimum atomic E-state index is -0.428. The van der Waals surface area contributed by atoms with Gasteiger partial charge >= 0.3 is 0 Å². The summed E-state index contributed by atoms with van der Waals surface area (Å²) in [5.74, 6) is -0.0276. The Morgan fingerprint density at radius 3 is 2.08 bits per heavy atom. The molecule has 1 amide bonds. The number of nitrogens with zero attached hydrogens (tertiary/aromatic N) is 2. The quantitative estimate of drug-likeness (QED) is 0.854. The van der Waals surface area contributed by atoms with E-state index in [1.54, 1.807) is 12.1 Å². The maximum atomic E-state index is 13.3. The van der Waals surface area contributed by atoms with Crippen LogP contribution in [-0.2, 0) is 10.2 Å². The second-order valence-electron chi connectivity index (χ2n) is 7.06.